The molecule has 0 spiro atoms. The van der Waals surface area contributed by atoms with Gasteiger partial charge < -0.3 is 4.74 Å². The fourth-order valence-corrected chi connectivity index (χ4v) is 1.27. The molecule has 1 aliphatic heterocycles. The van der Waals surface area contributed by atoms with Crippen LogP contribution in [0.1, 0.15) is 13.3 Å². The third-order valence-corrected chi connectivity index (χ3v) is 2.20. The molecule has 3 nitrogen and oxygen atoms in total. The molecule has 0 aromatic rings. The maximum absolute atomic E-state index is 8.57. The molecule has 0 amide bonds. The van der Waals surface area contributed by atoms with E-state index in [0.29, 0.717) is 0 Å². The lowest BCUT2D eigenvalue weighted by Crippen LogP contribution is -2.37. The van der Waals surface area contributed by atoms with Crippen LogP contribution in [0.4, 0.5) is 0 Å². The Balaban J connectivity index is 2.10. The summed E-state index contributed by atoms with van der Waals surface area (Å²) in [5.74, 6) is 0.188. The Morgan fingerprint density at radius 2 is 2.17 bits per heavy atom. The number of nitriles is 1. The molecule has 68 valence electrons. The smallest absolute Gasteiger partial charge is 0.0653 e. The number of rotatable bonds is 3. The van der Waals surface area contributed by atoms with Crippen molar-refractivity contribution in [3.05, 3.63) is 0 Å². The van der Waals surface area contributed by atoms with Crippen molar-refractivity contribution < 1.29 is 4.74 Å². The number of ether oxygens (including phenoxy) is 1. The first-order valence-corrected chi connectivity index (χ1v) is 4.52. The summed E-state index contributed by atoms with van der Waals surface area (Å²) in [5, 5.41) is 8.57. The Morgan fingerprint density at radius 1 is 1.50 bits per heavy atom. The summed E-state index contributed by atoms with van der Waals surface area (Å²) in [6, 6.07) is 2.25. The molecule has 0 saturated carbocycles. The van der Waals surface area contributed by atoms with Crippen molar-refractivity contribution >= 4 is 0 Å². The maximum atomic E-state index is 8.57. The summed E-state index contributed by atoms with van der Waals surface area (Å²) in [6.07, 6.45) is 0.983. The summed E-state index contributed by atoms with van der Waals surface area (Å²) in [5.41, 5.74) is 0. The standard InChI is InChI=1S/C9H16N2O/c1-9(8-10)2-3-11-4-6-12-7-5-11/h9H,2-7H2,1H3. The van der Waals surface area contributed by atoms with E-state index in [1.165, 1.54) is 0 Å². The van der Waals surface area contributed by atoms with E-state index in [2.05, 4.69) is 11.0 Å². The highest BCUT2D eigenvalue weighted by atomic mass is 16.5. The van der Waals surface area contributed by atoms with Crippen molar-refractivity contribution in [3.8, 4) is 6.07 Å². The van der Waals surface area contributed by atoms with Crippen molar-refractivity contribution in [1.82, 2.24) is 4.90 Å². The average Bonchev–Trinajstić information content (AvgIpc) is 2.16. The highest BCUT2D eigenvalue weighted by molar-refractivity contribution is 4.79. The summed E-state index contributed by atoms with van der Waals surface area (Å²) in [7, 11) is 0. The van der Waals surface area contributed by atoms with Gasteiger partial charge in [0.2, 0.25) is 0 Å². The lowest BCUT2D eigenvalue weighted by Gasteiger charge is -2.26. The Bertz CT molecular complexity index is 158. The molecule has 12 heavy (non-hydrogen) atoms. The van der Waals surface area contributed by atoms with E-state index in [1.54, 1.807) is 0 Å². The quantitative estimate of drug-likeness (QED) is 0.627. The summed E-state index contributed by atoms with van der Waals surface area (Å²) in [6.45, 7) is 6.76. The van der Waals surface area contributed by atoms with Crippen molar-refractivity contribution in [1.29, 1.82) is 5.26 Å². The molecule has 0 aromatic heterocycles. The third-order valence-electron chi connectivity index (χ3n) is 2.20. The van der Waals surface area contributed by atoms with Crippen LogP contribution in [0.15, 0.2) is 0 Å². The van der Waals surface area contributed by atoms with Gasteiger partial charge >= 0.3 is 0 Å². The molecule has 1 atom stereocenters. The van der Waals surface area contributed by atoms with Gasteiger partial charge in [0, 0.05) is 19.0 Å². The topological polar surface area (TPSA) is 36.3 Å². The summed E-state index contributed by atoms with van der Waals surface area (Å²) < 4.78 is 5.23. The van der Waals surface area contributed by atoms with Crippen LogP contribution in [0.5, 0.6) is 0 Å². The normalized spacial score (nSPS) is 21.7. The van der Waals surface area contributed by atoms with Crippen LogP contribution in [0.2, 0.25) is 0 Å². The molecule has 0 aliphatic carbocycles. The van der Waals surface area contributed by atoms with Crippen molar-refractivity contribution in [2.24, 2.45) is 5.92 Å². The van der Waals surface area contributed by atoms with Crippen LogP contribution < -0.4 is 0 Å². The zero-order chi connectivity index (χ0) is 8.81. The lowest BCUT2D eigenvalue weighted by molar-refractivity contribution is 0.0364. The predicted octanol–water partition coefficient (Wildman–Crippen LogP) is 0.868. The van der Waals surface area contributed by atoms with Gasteiger partial charge in [0.25, 0.3) is 0 Å². The van der Waals surface area contributed by atoms with Crippen LogP contribution in [0.3, 0.4) is 0 Å². The SMILES string of the molecule is CC(C#N)CCN1CCOCC1. The number of nitrogens with zero attached hydrogens (tertiary/aromatic N) is 2. The van der Waals surface area contributed by atoms with Crippen LogP contribution in [-0.4, -0.2) is 37.7 Å². The Hall–Kier alpha value is -0.590. The molecule has 1 saturated heterocycles. The minimum Gasteiger partial charge on any atom is -0.379 e. The van der Waals surface area contributed by atoms with Crippen molar-refractivity contribution in [2.45, 2.75) is 13.3 Å². The predicted molar refractivity (Wildman–Crippen MR) is 46.7 cm³/mol. The molecule has 1 fully saturated rings. The van der Waals surface area contributed by atoms with Crippen LogP contribution in [0.25, 0.3) is 0 Å². The second-order valence-electron chi connectivity index (χ2n) is 3.27. The fraction of sp³-hybridized carbons (Fsp3) is 0.889. The molecular formula is C9H16N2O. The van der Waals surface area contributed by atoms with Gasteiger partial charge in [-0.05, 0) is 19.9 Å². The van der Waals surface area contributed by atoms with Gasteiger partial charge in [0.15, 0.2) is 0 Å². The zero-order valence-electron chi connectivity index (χ0n) is 7.62. The Kier molecular flexibility index (Phi) is 4.06. The minimum absolute atomic E-state index is 0.188. The monoisotopic (exact) mass is 168 g/mol. The van der Waals surface area contributed by atoms with Gasteiger partial charge in [-0.15, -0.1) is 0 Å². The molecule has 0 aromatic carbocycles. The average molecular weight is 168 g/mol. The second kappa shape index (κ2) is 5.13. The molecule has 0 N–H and O–H groups in total. The number of hydrogen-bond acceptors (Lipinski definition) is 3. The highest BCUT2D eigenvalue weighted by Gasteiger charge is 2.10. The molecule has 1 rings (SSSR count). The molecule has 3 heteroatoms. The summed E-state index contributed by atoms with van der Waals surface area (Å²) in [4.78, 5) is 2.36. The molecule has 1 heterocycles. The van der Waals surface area contributed by atoms with E-state index in [0.717, 1.165) is 39.3 Å². The second-order valence-corrected chi connectivity index (χ2v) is 3.27. The largest absolute Gasteiger partial charge is 0.379 e. The van der Waals surface area contributed by atoms with E-state index < -0.39 is 0 Å². The van der Waals surface area contributed by atoms with Gasteiger partial charge in [-0.2, -0.15) is 5.26 Å². The van der Waals surface area contributed by atoms with E-state index in [9.17, 15) is 0 Å². The van der Waals surface area contributed by atoms with Gasteiger partial charge in [0.1, 0.15) is 0 Å². The minimum atomic E-state index is 0.188. The Morgan fingerprint density at radius 3 is 2.75 bits per heavy atom. The van der Waals surface area contributed by atoms with Gasteiger partial charge in [-0.1, -0.05) is 0 Å². The third kappa shape index (κ3) is 3.21. The van der Waals surface area contributed by atoms with E-state index in [1.807, 2.05) is 6.92 Å². The summed E-state index contributed by atoms with van der Waals surface area (Å²) >= 11 is 0. The first-order chi connectivity index (χ1) is 5.83. The van der Waals surface area contributed by atoms with E-state index in [-0.39, 0.29) is 5.92 Å². The van der Waals surface area contributed by atoms with Crippen LogP contribution in [0, 0.1) is 17.2 Å². The molecule has 0 radical (unpaired) electrons. The number of hydrogen-bond donors (Lipinski definition) is 0. The van der Waals surface area contributed by atoms with E-state index in [4.69, 9.17) is 10.00 Å². The van der Waals surface area contributed by atoms with Crippen LogP contribution in [-0.2, 0) is 4.74 Å². The number of morpholine rings is 1. The molecule has 1 aliphatic rings. The van der Waals surface area contributed by atoms with E-state index >= 15 is 0 Å². The first-order valence-electron chi connectivity index (χ1n) is 4.52. The lowest BCUT2D eigenvalue weighted by atomic mass is 10.1. The van der Waals surface area contributed by atoms with Gasteiger partial charge in [-0.3, -0.25) is 4.90 Å². The maximum Gasteiger partial charge on any atom is 0.0653 e. The zero-order valence-corrected chi connectivity index (χ0v) is 7.62. The van der Waals surface area contributed by atoms with Crippen molar-refractivity contribution in [3.63, 3.8) is 0 Å². The first kappa shape index (κ1) is 9.50. The van der Waals surface area contributed by atoms with Crippen LogP contribution >= 0.6 is 0 Å². The molecule has 1 unspecified atom stereocenters. The Labute approximate surface area is 73.9 Å². The van der Waals surface area contributed by atoms with Gasteiger partial charge in [0.05, 0.1) is 19.3 Å². The highest BCUT2D eigenvalue weighted by Crippen LogP contribution is 2.03. The van der Waals surface area contributed by atoms with Crippen molar-refractivity contribution in [2.75, 3.05) is 32.8 Å². The fourth-order valence-electron chi connectivity index (χ4n) is 1.27. The molecule has 0 bridgehead atoms. The molecular weight excluding hydrogens is 152 g/mol. The van der Waals surface area contributed by atoms with Gasteiger partial charge in [-0.25, -0.2) is 0 Å².